The van der Waals surface area contributed by atoms with Crippen molar-refractivity contribution in [3.8, 4) is 0 Å². The first kappa shape index (κ1) is 17.0. The van der Waals surface area contributed by atoms with Gasteiger partial charge < -0.3 is 10.2 Å². The SMILES string of the molecule is CSCCC(SCCC(=O)O)SCCC(=O)O. The second-order valence-corrected chi connectivity index (χ2v) is 7.15. The van der Waals surface area contributed by atoms with Gasteiger partial charge in [-0.15, -0.1) is 23.5 Å². The van der Waals surface area contributed by atoms with E-state index in [-0.39, 0.29) is 12.8 Å². The maximum atomic E-state index is 10.4. The van der Waals surface area contributed by atoms with E-state index in [1.165, 1.54) is 0 Å². The van der Waals surface area contributed by atoms with E-state index >= 15 is 0 Å². The van der Waals surface area contributed by atoms with Crippen molar-refractivity contribution in [2.24, 2.45) is 0 Å². The Morgan fingerprint density at radius 2 is 1.47 bits per heavy atom. The van der Waals surface area contributed by atoms with E-state index < -0.39 is 11.9 Å². The van der Waals surface area contributed by atoms with Crippen LogP contribution in [0.25, 0.3) is 0 Å². The minimum atomic E-state index is -0.781. The summed E-state index contributed by atoms with van der Waals surface area (Å²) in [5, 5.41) is 17.1. The van der Waals surface area contributed by atoms with Gasteiger partial charge in [-0.05, 0) is 18.4 Å². The van der Waals surface area contributed by atoms with Gasteiger partial charge in [-0.25, -0.2) is 0 Å². The zero-order chi connectivity index (χ0) is 13.1. The summed E-state index contributed by atoms with van der Waals surface area (Å²) in [5.41, 5.74) is 0. The zero-order valence-corrected chi connectivity index (χ0v) is 12.2. The molecule has 0 radical (unpaired) electrons. The Morgan fingerprint density at radius 3 is 1.82 bits per heavy atom. The highest BCUT2D eigenvalue weighted by atomic mass is 32.2. The van der Waals surface area contributed by atoms with Crippen molar-refractivity contribution in [3.63, 3.8) is 0 Å². The Labute approximate surface area is 114 Å². The molecule has 0 aliphatic carbocycles. The zero-order valence-electron chi connectivity index (χ0n) is 9.76. The Hall–Kier alpha value is -0.0100. The molecule has 0 aromatic heterocycles. The van der Waals surface area contributed by atoms with Crippen LogP contribution in [0.3, 0.4) is 0 Å². The molecule has 0 atom stereocenters. The van der Waals surface area contributed by atoms with E-state index in [2.05, 4.69) is 0 Å². The van der Waals surface area contributed by atoms with E-state index in [4.69, 9.17) is 10.2 Å². The normalized spacial score (nSPS) is 10.7. The third kappa shape index (κ3) is 12.2. The molecule has 0 aliphatic rings. The van der Waals surface area contributed by atoms with Crippen LogP contribution in [-0.4, -0.2) is 50.2 Å². The van der Waals surface area contributed by atoms with Crippen molar-refractivity contribution in [2.75, 3.05) is 23.5 Å². The first-order valence-corrected chi connectivity index (χ1v) is 8.71. The average molecular weight is 298 g/mol. The van der Waals surface area contributed by atoms with Gasteiger partial charge in [0.05, 0.1) is 17.4 Å². The van der Waals surface area contributed by atoms with Gasteiger partial charge in [0.1, 0.15) is 0 Å². The molecule has 0 saturated carbocycles. The number of rotatable bonds is 11. The molecule has 2 N–H and O–H groups in total. The molecule has 100 valence electrons. The van der Waals surface area contributed by atoms with Gasteiger partial charge in [-0.2, -0.15) is 11.8 Å². The molecular formula is C10H18O4S3. The molecule has 0 fully saturated rings. The van der Waals surface area contributed by atoms with Crippen LogP contribution < -0.4 is 0 Å². The van der Waals surface area contributed by atoms with Crippen LogP contribution in [0.1, 0.15) is 19.3 Å². The Morgan fingerprint density at radius 1 is 1.00 bits per heavy atom. The van der Waals surface area contributed by atoms with Gasteiger partial charge in [-0.3, -0.25) is 9.59 Å². The topological polar surface area (TPSA) is 74.6 Å². The molecule has 0 saturated heterocycles. The molecule has 17 heavy (non-hydrogen) atoms. The highest BCUT2D eigenvalue weighted by molar-refractivity contribution is 8.17. The number of hydrogen-bond donors (Lipinski definition) is 2. The number of carboxylic acid groups (broad SMARTS) is 2. The fraction of sp³-hybridized carbons (Fsp3) is 0.800. The highest BCUT2D eigenvalue weighted by Crippen LogP contribution is 2.28. The predicted molar refractivity (Wildman–Crippen MR) is 76.2 cm³/mol. The fourth-order valence-electron chi connectivity index (χ4n) is 0.984. The van der Waals surface area contributed by atoms with Gasteiger partial charge >= 0.3 is 11.9 Å². The summed E-state index contributed by atoms with van der Waals surface area (Å²) in [4.78, 5) is 20.8. The molecule has 4 nitrogen and oxygen atoms in total. The molecule has 0 aromatic rings. The standard InChI is InChI=1S/C10H18O4S3/c1-15-5-4-10(16-6-2-8(11)12)17-7-3-9(13)14/h10H,2-7H2,1H3,(H,11,12)(H,13,14). The van der Waals surface area contributed by atoms with E-state index in [0.717, 1.165) is 12.2 Å². The fourth-order valence-corrected chi connectivity index (χ4v) is 4.40. The average Bonchev–Trinajstić information content (AvgIpc) is 2.24. The largest absolute Gasteiger partial charge is 0.481 e. The predicted octanol–water partition coefficient (Wildman–Crippen LogP) is 2.48. The molecule has 0 spiro atoms. The number of aliphatic carboxylic acids is 2. The smallest absolute Gasteiger partial charge is 0.304 e. The first-order valence-electron chi connectivity index (χ1n) is 5.22. The molecule has 0 aromatic carbocycles. The van der Waals surface area contributed by atoms with Crippen molar-refractivity contribution in [2.45, 2.75) is 23.8 Å². The van der Waals surface area contributed by atoms with E-state index in [9.17, 15) is 9.59 Å². The minimum absolute atomic E-state index is 0.167. The van der Waals surface area contributed by atoms with Crippen molar-refractivity contribution >= 4 is 47.2 Å². The third-order valence-electron chi connectivity index (χ3n) is 1.80. The van der Waals surface area contributed by atoms with E-state index in [1.54, 1.807) is 35.3 Å². The second-order valence-electron chi connectivity index (χ2n) is 3.24. The molecule has 0 bridgehead atoms. The van der Waals surface area contributed by atoms with Crippen LogP contribution in [0.2, 0.25) is 0 Å². The maximum absolute atomic E-state index is 10.4. The van der Waals surface area contributed by atoms with Crippen molar-refractivity contribution in [1.82, 2.24) is 0 Å². The number of hydrogen-bond acceptors (Lipinski definition) is 5. The lowest BCUT2D eigenvalue weighted by Crippen LogP contribution is -2.06. The molecule has 0 unspecified atom stereocenters. The van der Waals surface area contributed by atoms with Crippen molar-refractivity contribution in [1.29, 1.82) is 0 Å². The van der Waals surface area contributed by atoms with Crippen LogP contribution in [-0.2, 0) is 9.59 Å². The lowest BCUT2D eigenvalue weighted by atomic mass is 10.5. The van der Waals surface area contributed by atoms with Gasteiger partial charge in [0, 0.05) is 11.5 Å². The van der Waals surface area contributed by atoms with Crippen LogP contribution in [0.15, 0.2) is 0 Å². The van der Waals surface area contributed by atoms with Gasteiger partial charge in [0.25, 0.3) is 0 Å². The lowest BCUT2D eigenvalue weighted by molar-refractivity contribution is -0.137. The number of thioether (sulfide) groups is 3. The van der Waals surface area contributed by atoms with Gasteiger partial charge in [0.2, 0.25) is 0 Å². The first-order chi connectivity index (χ1) is 8.06. The third-order valence-corrected chi connectivity index (χ3v) is 5.35. The van der Waals surface area contributed by atoms with Crippen LogP contribution in [0.5, 0.6) is 0 Å². The Kier molecular flexibility index (Phi) is 11.1. The van der Waals surface area contributed by atoms with E-state index in [0.29, 0.717) is 16.1 Å². The quantitative estimate of drug-likeness (QED) is 0.568. The summed E-state index contributed by atoms with van der Waals surface area (Å²) in [6.07, 6.45) is 3.34. The van der Waals surface area contributed by atoms with Crippen molar-refractivity contribution in [3.05, 3.63) is 0 Å². The van der Waals surface area contributed by atoms with E-state index in [1.807, 2.05) is 6.26 Å². The van der Waals surface area contributed by atoms with Crippen molar-refractivity contribution < 1.29 is 19.8 Å². The Bertz CT molecular complexity index is 216. The molecule has 0 amide bonds. The minimum Gasteiger partial charge on any atom is -0.481 e. The van der Waals surface area contributed by atoms with Gasteiger partial charge in [0.15, 0.2) is 0 Å². The second kappa shape index (κ2) is 11.1. The van der Waals surface area contributed by atoms with Crippen LogP contribution in [0, 0.1) is 0 Å². The summed E-state index contributed by atoms with van der Waals surface area (Å²) < 4.78 is 0.307. The maximum Gasteiger partial charge on any atom is 0.304 e. The molecule has 0 heterocycles. The highest BCUT2D eigenvalue weighted by Gasteiger charge is 2.11. The Balaban J connectivity index is 3.78. The summed E-state index contributed by atoms with van der Waals surface area (Å²) in [5.74, 6) is 0.640. The summed E-state index contributed by atoms with van der Waals surface area (Å²) >= 11 is 4.98. The molecular weight excluding hydrogens is 280 g/mol. The van der Waals surface area contributed by atoms with Gasteiger partial charge in [-0.1, -0.05) is 0 Å². The molecule has 7 heteroatoms. The summed E-state index contributed by atoms with van der Waals surface area (Å²) in [6.45, 7) is 0. The summed E-state index contributed by atoms with van der Waals surface area (Å²) in [7, 11) is 0. The van der Waals surface area contributed by atoms with Crippen LogP contribution in [0.4, 0.5) is 0 Å². The monoisotopic (exact) mass is 298 g/mol. The number of carboxylic acids is 2. The molecule has 0 rings (SSSR count). The lowest BCUT2D eigenvalue weighted by Gasteiger charge is -2.14. The summed E-state index contributed by atoms with van der Waals surface area (Å²) in [6, 6.07) is 0. The molecule has 0 aliphatic heterocycles. The number of carbonyl (C=O) groups is 2. The van der Waals surface area contributed by atoms with Crippen LogP contribution >= 0.6 is 35.3 Å².